The average Bonchev–Trinajstić information content (AvgIpc) is 2.46. The summed E-state index contributed by atoms with van der Waals surface area (Å²) >= 11 is 0. The van der Waals surface area contributed by atoms with Gasteiger partial charge < -0.3 is 15.4 Å². The Morgan fingerprint density at radius 3 is 2.68 bits per heavy atom. The summed E-state index contributed by atoms with van der Waals surface area (Å²) in [5, 5.41) is 5.94. The minimum absolute atomic E-state index is 0.0272. The summed E-state index contributed by atoms with van der Waals surface area (Å²) in [4.78, 5) is 3.71. The maximum atomic E-state index is 13.5. The molecule has 124 valence electrons. The van der Waals surface area contributed by atoms with Crippen LogP contribution in [0.15, 0.2) is 34.2 Å². The zero-order valence-corrected chi connectivity index (χ0v) is 13.8. The quantitative estimate of drug-likeness (QED) is 0.571. The van der Waals surface area contributed by atoms with Crippen molar-refractivity contribution in [3.63, 3.8) is 0 Å². The molecule has 0 aromatic heterocycles. The fourth-order valence-corrected chi connectivity index (χ4v) is 3.07. The van der Waals surface area contributed by atoms with Gasteiger partial charge in [-0.05, 0) is 19.1 Å². The average molecular weight is 331 g/mol. The first-order valence-corrected chi connectivity index (χ1v) is 8.49. The molecule has 22 heavy (non-hydrogen) atoms. The highest BCUT2D eigenvalue weighted by atomic mass is 32.2. The minimum atomic E-state index is -3.68. The van der Waals surface area contributed by atoms with Gasteiger partial charge in [0.15, 0.2) is 15.8 Å². The van der Waals surface area contributed by atoms with E-state index >= 15 is 0 Å². The minimum Gasteiger partial charge on any atom is -0.383 e. The Labute approximate surface area is 130 Å². The van der Waals surface area contributed by atoms with E-state index < -0.39 is 15.7 Å². The molecule has 0 aliphatic carbocycles. The third-order valence-electron chi connectivity index (χ3n) is 2.86. The summed E-state index contributed by atoms with van der Waals surface area (Å²) in [6.07, 6.45) is 0. The summed E-state index contributed by atoms with van der Waals surface area (Å²) in [6, 6.07) is 5.37. The van der Waals surface area contributed by atoms with Gasteiger partial charge in [-0.15, -0.1) is 0 Å². The standard InChI is InChI=1S/C14H22FN3O3S/c1-11(10-21-3)18-14(16-2)17-8-9-22(19,20)13-7-5-4-6-12(13)15/h4-7,11H,8-10H2,1-3H3,(H2,16,17,18). The molecule has 2 N–H and O–H groups in total. The molecule has 1 aromatic rings. The van der Waals surface area contributed by atoms with Crippen molar-refractivity contribution in [1.82, 2.24) is 10.6 Å². The topological polar surface area (TPSA) is 79.8 Å². The van der Waals surface area contributed by atoms with Gasteiger partial charge >= 0.3 is 0 Å². The summed E-state index contributed by atoms with van der Waals surface area (Å²) < 4.78 is 42.7. The van der Waals surface area contributed by atoms with E-state index in [1.54, 1.807) is 14.2 Å². The maximum Gasteiger partial charge on any atom is 0.191 e. The van der Waals surface area contributed by atoms with Crippen molar-refractivity contribution in [2.45, 2.75) is 17.9 Å². The van der Waals surface area contributed by atoms with Crippen LogP contribution >= 0.6 is 0 Å². The molecule has 0 saturated carbocycles. The molecule has 8 heteroatoms. The van der Waals surface area contributed by atoms with Gasteiger partial charge in [0, 0.05) is 26.7 Å². The van der Waals surface area contributed by atoms with Crippen LogP contribution in [0.1, 0.15) is 6.92 Å². The van der Waals surface area contributed by atoms with E-state index in [-0.39, 0.29) is 23.2 Å². The van der Waals surface area contributed by atoms with Gasteiger partial charge in [-0.3, -0.25) is 4.99 Å². The number of hydrogen-bond donors (Lipinski definition) is 2. The fraction of sp³-hybridized carbons (Fsp3) is 0.500. The van der Waals surface area contributed by atoms with Crippen molar-refractivity contribution in [2.75, 3.05) is 33.1 Å². The smallest absolute Gasteiger partial charge is 0.191 e. The summed E-state index contributed by atoms with van der Waals surface area (Å²) in [5.74, 6) is -0.500. The van der Waals surface area contributed by atoms with Crippen LogP contribution < -0.4 is 10.6 Å². The van der Waals surface area contributed by atoms with Gasteiger partial charge in [0.1, 0.15) is 10.7 Å². The predicted octanol–water partition coefficient (Wildman–Crippen LogP) is 0.799. The third kappa shape index (κ3) is 5.61. The van der Waals surface area contributed by atoms with Crippen molar-refractivity contribution < 1.29 is 17.5 Å². The van der Waals surface area contributed by atoms with E-state index in [9.17, 15) is 12.8 Å². The molecular weight excluding hydrogens is 309 g/mol. The predicted molar refractivity (Wildman–Crippen MR) is 84.3 cm³/mol. The van der Waals surface area contributed by atoms with Crippen molar-refractivity contribution in [2.24, 2.45) is 4.99 Å². The number of benzene rings is 1. The van der Waals surface area contributed by atoms with Crippen molar-refractivity contribution in [3.8, 4) is 0 Å². The molecule has 0 aliphatic heterocycles. The zero-order chi connectivity index (χ0) is 16.6. The van der Waals surface area contributed by atoms with E-state index in [4.69, 9.17) is 4.74 Å². The van der Waals surface area contributed by atoms with Crippen LogP contribution in [0.4, 0.5) is 4.39 Å². The number of hydrogen-bond acceptors (Lipinski definition) is 4. The number of methoxy groups -OCH3 is 1. The van der Waals surface area contributed by atoms with Crippen molar-refractivity contribution >= 4 is 15.8 Å². The van der Waals surface area contributed by atoms with Crippen LogP contribution in [0.3, 0.4) is 0 Å². The lowest BCUT2D eigenvalue weighted by atomic mass is 10.3. The molecule has 0 radical (unpaired) electrons. The molecule has 1 aromatic carbocycles. The van der Waals surface area contributed by atoms with E-state index in [0.717, 1.165) is 6.07 Å². The second-order valence-corrected chi connectivity index (χ2v) is 6.83. The summed E-state index contributed by atoms with van der Waals surface area (Å²) in [5.41, 5.74) is 0. The largest absolute Gasteiger partial charge is 0.383 e. The van der Waals surface area contributed by atoms with Crippen LogP contribution in [0.25, 0.3) is 0 Å². The van der Waals surface area contributed by atoms with Gasteiger partial charge in [-0.1, -0.05) is 12.1 Å². The number of halogens is 1. The zero-order valence-electron chi connectivity index (χ0n) is 13.0. The Bertz CT molecular complexity index is 605. The molecule has 6 nitrogen and oxygen atoms in total. The maximum absolute atomic E-state index is 13.5. The van der Waals surface area contributed by atoms with E-state index in [1.807, 2.05) is 6.92 Å². The third-order valence-corrected chi connectivity index (χ3v) is 4.60. The fourth-order valence-electron chi connectivity index (χ4n) is 1.83. The summed E-state index contributed by atoms with van der Waals surface area (Å²) in [7, 11) is -0.502. The Balaban J connectivity index is 2.57. The summed E-state index contributed by atoms with van der Waals surface area (Å²) in [6.45, 7) is 2.52. The van der Waals surface area contributed by atoms with E-state index in [1.165, 1.54) is 18.2 Å². The van der Waals surface area contributed by atoms with Crippen LogP contribution in [-0.4, -0.2) is 53.5 Å². The molecule has 0 bridgehead atoms. The van der Waals surface area contributed by atoms with E-state index in [0.29, 0.717) is 12.6 Å². The normalized spacial score (nSPS) is 13.7. The highest BCUT2D eigenvalue weighted by molar-refractivity contribution is 7.91. The first-order chi connectivity index (χ1) is 10.4. The number of guanidine groups is 1. The number of sulfone groups is 1. The number of nitrogens with one attached hydrogen (secondary N) is 2. The number of rotatable bonds is 7. The molecular formula is C14H22FN3O3S. The Morgan fingerprint density at radius 1 is 1.41 bits per heavy atom. The number of ether oxygens (including phenoxy) is 1. The Morgan fingerprint density at radius 2 is 2.09 bits per heavy atom. The lowest BCUT2D eigenvalue weighted by Crippen LogP contribution is -2.45. The molecule has 1 unspecified atom stereocenters. The van der Waals surface area contributed by atoms with Crippen LogP contribution in [0, 0.1) is 5.82 Å². The first-order valence-electron chi connectivity index (χ1n) is 6.84. The Kier molecular flexibility index (Phi) is 7.26. The Hall–Kier alpha value is -1.67. The molecule has 0 amide bonds. The second kappa shape index (κ2) is 8.70. The SMILES string of the molecule is CN=C(NCCS(=O)(=O)c1ccccc1F)NC(C)COC. The monoisotopic (exact) mass is 331 g/mol. The van der Waals surface area contributed by atoms with Crippen LogP contribution in [0.2, 0.25) is 0 Å². The highest BCUT2D eigenvalue weighted by Gasteiger charge is 2.18. The molecule has 0 spiro atoms. The lowest BCUT2D eigenvalue weighted by Gasteiger charge is -2.17. The number of nitrogens with zero attached hydrogens (tertiary/aromatic N) is 1. The van der Waals surface area contributed by atoms with Gasteiger partial charge in [-0.25, -0.2) is 12.8 Å². The molecule has 0 heterocycles. The van der Waals surface area contributed by atoms with E-state index in [2.05, 4.69) is 15.6 Å². The van der Waals surface area contributed by atoms with Gasteiger partial charge in [-0.2, -0.15) is 0 Å². The molecule has 1 rings (SSSR count). The highest BCUT2D eigenvalue weighted by Crippen LogP contribution is 2.14. The van der Waals surface area contributed by atoms with Crippen molar-refractivity contribution in [3.05, 3.63) is 30.1 Å². The van der Waals surface area contributed by atoms with Gasteiger partial charge in [0.25, 0.3) is 0 Å². The molecule has 0 saturated heterocycles. The molecule has 0 aliphatic rings. The molecule has 0 fully saturated rings. The van der Waals surface area contributed by atoms with Gasteiger partial charge in [0.2, 0.25) is 0 Å². The number of aliphatic imine (C=N–C) groups is 1. The van der Waals surface area contributed by atoms with Crippen LogP contribution in [0.5, 0.6) is 0 Å². The first kappa shape index (κ1) is 18.4. The molecule has 1 atom stereocenters. The van der Waals surface area contributed by atoms with Crippen LogP contribution in [-0.2, 0) is 14.6 Å². The lowest BCUT2D eigenvalue weighted by molar-refractivity contribution is 0.179. The second-order valence-electron chi connectivity index (χ2n) is 4.75. The van der Waals surface area contributed by atoms with Crippen molar-refractivity contribution in [1.29, 1.82) is 0 Å². The van der Waals surface area contributed by atoms with Gasteiger partial charge in [0.05, 0.1) is 12.4 Å².